The van der Waals surface area contributed by atoms with Gasteiger partial charge in [0, 0.05) is 52.2 Å². The zero-order valence-electron chi connectivity index (χ0n) is 16.7. The molecular formula is C17H33IN6O2S. The van der Waals surface area contributed by atoms with E-state index >= 15 is 0 Å². The number of guanidine groups is 1. The lowest BCUT2D eigenvalue weighted by Gasteiger charge is -2.39. The molecule has 27 heavy (non-hydrogen) atoms. The van der Waals surface area contributed by atoms with Crippen molar-refractivity contribution in [3.05, 3.63) is 18.7 Å². The maximum absolute atomic E-state index is 12.3. The number of rotatable bonds is 7. The van der Waals surface area contributed by atoms with Gasteiger partial charge in [0.2, 0.25) is 10.0 Å². The number of nitrogens with one attached hydrogen (secondary N) is 1. The van der Waals surface area contributed by atoms with Crippen LogP contribution in [0.2, 0.25) is 0 Å². The summed E-state index contributed by atoms with van der Waals surface area (Å²) in [6, 6.07) is 0.337. The van der Waals surface area contributed by atoms with Crippen LogP contribution < -0.4 is 5.32 Å². The van der Waals surface area contributed by atoms with Gasteiger partial charge in [-0.05, 0) is 12.3 Å². The van der Waals surface area contributed by atoms with Gasteiger partial charge >= 0.3 is 0 Å². The largest absolute Gasteiger partial charge is 0.355 e. The molecule has 0 radical (unpaired) electrons. The highest BCUT2D eigenvalue weighted by Gasteiger charge is 2.29. The Bertz CT molecular complexity index is 676. The lowest BCUT2D eigenvalue weighted by Crippen LogP contribution is -2.50. The maximum Gasteiger partial charge on any atom is 0.215 e. The van der Waals surface area contributed by atoms with Crippen molar-refractivity contribution in [3.63, 3.8) is 0 Å². The van der Waals surface area contributed by atoms with Gasteiger partial charge in [0.1, 0.15) is 0 Å². The van der Waals surface area contributed by atoms with E-state index in [9.17, 15) is 8.42 Å². The van der Waals surface area contributed by atoms with E-state index in [4.69, 9.17) is 0 Å². The Hall–Kier alpha value is -0.880. The van der Waals surface area contributed by atoms with Crippen molar-refractivity contribution in [2.24, 2.45) is 10.9 Å². The molecule has 0 saturated carbocycles. The number of sulfonamides is 1. The second-order valence-electron chi connectivity index (χ2n) is 6.66. The molecule has 2 atom stereocenters. The first-order chi connectivity index (χ1) is 12.4. The van der Waals surface area contributed by atoms with Crippen molar-refractivity contribution in [1.82, 2.24) is 24.1 Å². The van der Waals surface area contributed by atoms with E-state index in [0.29, 0.717) is 31.6 Å². The molecule has 1 saturated heterocycles. The van der Waals surface area contributed by atoms with Crippen molar-refractivity contribution < 1.29 is 8.42 Å². The van der Waals surface area contributed by atoms with Crippen molar-refractivity contribution in [2.45, 2.75) is 33.2 Å². The molecule has 156 valence electrons. The van der Waals surface area contributed by atoms with Gasteiger partial charge in [-0.3, -0.25) is 4.99 Å². The fourth-order valence-electron chi connectivity index (χ4n) is 3.47. The Morgan fingerprint density at radius 1 is 1.37 bits per heavy atom. The Labute approximate surface area is 180 Å². The number of aromatic nitrogens is 2. The number of hydrogen-bond donors (Lipinski definition) is 1. The number of nitrogens with zero attached hydrogens (tertiary/aromatic N) is 5. The zero-order valence-corrected chi connectivity index (χ0v) is 19.9. The first kappa shape index (κ1) is 24.2. The number of halogens is 1. The van der Waals surface area contributed by atoms with Gasteiger partial charge in [-0.1, -0.05) is 20.8 Å². The molecule has 1 aromatic rings. The molecule has 1 aliphatic heterocycles. The third-order valence-corrected chi connectivity index (χ3v) is 7.10. The molecule has 8 nitrogen and oxygen atoms in total. The number of aliphatic imine (C=N–C) groups is 1. The highest BCUT2D eigenvalue weighted by Crippen LogP contribution is 2.27. The SMILES string of the molecule is CCN(CC)S(=O)(=O)CCNC(=NC)N1CCC(C)C(n2ccnc2)C1.I. The van der Waals surface area contributed by atoms with Gasteiger partial charge in [0.15, 0.2) is 5.96 Å². The van der Waals surface area contributed by atoms with E-state index in [2.05, 4.69) is 31.7 Å². The molecule has 0 spiro atoms. The summed E-state index contributed by atoms with van der Waals surface area (Å²) < 4.78 is 28.3. The average molecular weight is 512 g/mol. The molecule has 10 heteroatoms. The Morgan fingerprint density at radius 3 is 2.63 bits per heavy atom. The van der Waals surface area contributed by atoms with E-state index in [1.54, 1.807) is 13.2 Å². The summed E-state index contributed by atoms with van der Waals surface area (Å²) >= 11 is 0. The van der Waals surface area contributed by atoms with Crippen LogP contribution in [0.4, 0.5) is 0 Å². The predicted molar refractivity (Wildman–Crippen MR) is 120 cm³/mol. The van der Waals surface area contributed by atoms with E-state index in [-0.39, 0.29) is 29.7 Å². The van der Waals surface area contributed by atoms with Gasteiger partial charge in [-0.25, -0.2) is 17.7 Å². The Kier molecular flexibility index (Phi) is 10.0. The number of hydrogen-bond acceptors (Lipinski definition) is 4. The first-order valence-corrected chi connectivity index (χ1v) is 10.9. The van der Waals surface area contributed by atoms with Crippen molar-refractivity contribution >= 4 is 40.0 Å². The van der Waals surface area contributed by atoms with Crippen LogP contribution in [0.1, 0.15) is 33.2 Å². The van der Waals surface area contributed by atoms with E-state index in [1.807, 2.05) is 26.4 Å². The van der Waals surface area contributed by atoms with Crippen LogP contribution >= 0.6 is 24.0 Å². The molecule has 1 aromatic heterocycles. The van der Waals surface area contributed by atoms with Gasteiger partial charge in [-0.15, -0.1) is 24.0 Å². The summed E-state index contributed by atoms with van der Waals surface area (Å²) in [5.41, 5.74) is 0. The quantitative estimate of drug-likeness (QED) is 0.341. The number of piperidine rings is 1. The molecule has 0 amide bonds. The normalized spacial score (nSPS) is 21.2. The fraction of sp³-hybridized carbons (Fsp3) is 0.765. The lowest BCUT2D eigenvalue weighted by molar-refractivity contribution is 0.189. The van der Waals surface area contributed by atoms with Gasteiger partial charge < -0.3 is 14.8 Å². The van der Waals surface area contributed by atoms with Crippen LogP contribution in [0.15, 0.2) is 23.7 Å². The standard InChI is InChI=1S/C17H32N6O2S.HI/c1-5-23(6-2)26(24,25)12-9-20-17(18-4)21-10-7-15(3)16(13-21)22-11-8-19-14-22;/h8,11,14-16H,5-7,9-10,12-13H2,1-4H3,(H,18,20);1H. The van der Waals surface area contributed by atoms with Crippen LogP contribution in [-0.2, 0) is 10.0 Å². The van der Waals surface area contributed by atoms with Crippen molar-refractivity contribution in [2.75, 3.05) is 45.5 Å². The highest BCUT2D eigenvalue weighted by molar-refractivity contribution is 14.0. The smallest absolute Gasteiger partial charge is 0.215 e. The molecule has 2 rings (SSSR count). The fourth-order valence-corrected chi connectivity index (χ4v) is 4.87. The van der Waals surface area contributed by atoms with E-state index < -0.39 is 10.0 Å². The van der Waals surface area contributed by atoms with E-state index in [1.165, 1.54) is 4.31 Å². The summed E-state index contributed by atoms with van der Waals surface area (Å²) in [5.74, 6) is 1.39. The lowest BCUT2D eigenvalue weighted by atomic mass is 9.93. The summed E-state index contributed by atoms with van der Waals surface area (Å²) in [6.07, 6.45) is 6.72. The molecule has 1 fully saturated rings. The molecule has 2 unspecified atom stereocenters. The third-order valence-electron chi connectivity index (χ3n) is 5.08. The molecule has 0 aromatic carbocycles. The molecular weight excluding hydrogens is 479 g/mol. The van der Waals surface area contributed by atoms with E-state index in [0.717, 1.165) is 25.5 Å². The summed E-state index contributed by atoms with van der Waals surface area (Å²) in [4.78, 5) is 10.7. The summed E-state index contributed by atoms with van der Waals surface area (Å²) in [6.45, 7) is 9.09. The minimum absolute atomic E-state index is 0. The second-order valence-corrected chi connectivity index (χ2v) is 8.75. The maximum atomic E-state index is 12.3. The summed E-state index contributed by atoms with van der Waals surface area (Å²) in [7, 11) is -1.49. The van der Waals surface area contributed by atoms with Gasteiger partial charge in [0.25, 0.3) is 0 Å². The Morgan fingerprint density at radius 2 is 2.07 bits per heavy atom. The molecule has 1 N–H and O–H groups in total. The molecule has 2 heterocycles. The van der Waals surface area contributed by atoms with Crippen LogP contribution in [-0.4, -0.2) is 78.7 Å². The predicted octanol–water partition coefficient (Wildman–Crippen LogP) is 1.63. The zero-order chi connectivity index (χ0) is 19.2. The van der Waals surface area contributed by atoms with Gasteiger partial charge in [-0.2, -0.15) is 0 Å². The summed E-state index contributed by atoms with van der Waals surface area (Å²) in [5, 5.41) is 3.22. The Balaban J connectivity index is 0.00000364. The van der Waals surface area contributed by atoms with Crippen LogP contribution in [0, 0.1) is 5.92 Å². The van der Waals surface area contributed by atoms with Gasteiger partial charge in [0.05, 0.1) is 18.1 Å². The number of imidazole rings is 1. The average Bonchev–Trinajstić information content (AvgIpc) is 3.14. The second kappa shape index (κ2) is 11.2. The van der Waals surface area contributed by atoms with Crippen molar-refractivity contribution in [3.8, 4) is 0 Å². The molecule has 0 aliphatic carbocycles. The molecule has 0 bridgehead atoms. The third kappa shape index (κ3) is 6.31. The topological polar surface area (TPSA) is 82.8 Å². The first-order valence-electron chi connectivity index (χ1n) is 9.33. The van der Waals surface area contributed by atoms with Crippen LogP contribution in [0.3, 0.4) is 0 Å². The van der Waals surface area contributed by atoms with Crippen LogP contribution in [0.5, 0.6) is 0 Å². The van der Waals surface area contributed by atoms with Crippen molar-refractivity contribution in [1.29, 1.82) is 0 Å². The minimum atomic E-state index is -3.23. The number of likely N-dealkylation sites (tertiary alicyclic amines) is 1. The monoisotopic (exact) mass is 512 g/mol. The van der Waals surface area contributed by atoms with Crippen LogP contribution in [0.25, 0.3) is 0 Å². The highest BCUT2D eigenvalue weighted by atomic mass is 127. The minimum Gasteiger partial charge on any atom is -0.355 e. The molecule has 1 aliphatic rings.